The molecule has 0 radical (unpaired) electrons. The van der Waals surface area contributed by atoms with Crippen LogP contribution in [0.25, 0.3) is 11.1 Å². The van der Waals surface area contributed by atoms with Crippen LogP contribution >= 0.6 is 0 Å². The van der Waals surface area contributed by atoms with Gasteiger partial charge in [-0.3, -0.25) is 10.1 Å². The Balaban J connectivity index is 2.39. The summed E-state index contributed by atoms with van der Waals surface area (Å²) in [6.07, 6.45) is 0. The van der Waals surface area contributed by atoms with E-state index in [1.54, 1.807) is 24.3 Å². The standard InChI is InChI=1S/C13H9NO4/c15-13(16)11-3-1-2-10(8-11)9-4-6-12(7-5-9)14(17)18/h1-8H,(H,15,16). The molecule has 0 bridgehead atoms. The number of benzene rings is 2. The van der Waals surface area contributed by atoms with Crippen molar-refractivity contribution in [2.75, 3.05) is 0 Å². The second-order valence-corrected chi connectivity index (χ2v) is 3.69. The summed E-state index contributed by atoms with van der Waals surface area (Å²) >= 11 is 0. The van der Waals surface area contributed by atoms with Gasteiger partial charge in [-0.15, -0.1) is 0 Å². The van der Waals surface area contributed by atoms with Crippen molar-refractivity contribution >= 4 is 11.7 Å². The fourth-order valence-electron chi connectivity index (χ4n) is 1.61. The van der Waals surface area contributed by atoms with Gasteiger partial charge in [-0.25, -0.2) is 4.79 Å². The summed E-state index contributed by atoms with van der Waals surface area (Å²) in [5, 5.41) is 19.4. The molecule has 0 fully saturated rings. The quantitative estimate of drug-likeness (QED) is 0.663. The van der Waals surface area contributed by atoms with Crippen LogP contribution in [0.2, 0.25) is 0 Å². The summed E-state index contributed by atoms with van der Waals surface area (Å²) in [5.74, 6) is -1.00. The van der Waals surface area contributed by atoms with Gasteiger partial charge in [0.15, 0.2) is 0 Å². The summed E-state index contributed by atoms with van der Waals surface area (Å²) < 4.78 is 0. The minimum atomic E-state index is -1.00. The first-order valence-corrected chi connectivity index (χ1v) is 5.16. The van der Waals surface area contributed by atoms with Crippen LogP contribution in [-0.2, 0) is 0 Å². The van der Waals surface area contributed by atoms with Gasteiger partial charge in [0.1, 0.15) is 0 Å². The first-order valence-electron chi connectivity index (χ1n) is 5.16. The molecule has 5 nitrogen and oxygen atoms in total. The van der Waals surface area contributed by atoms with Crippen molar-refractivity contribution < 1.29 is 14.8 Å². The molecule has 0 aromatic heterocycles. The van der Waals surface area contributed by atoms with E-state index in [1.807, 2.05) is 0 Å². The molecule has 1 N–H and O–H groups in total. The van der Waals surface area contributed by atoms with Gasteiger partial charge in [-0.2, -0.15) is 0 Å². The van der Waals surface area contributed by atoms with E-state index in [0.29, 0.717) is 5.56 Å². The van der Waals surface area contributed by atoms with Gasteiger partial charge in [0, 0.05) is 12.1 Å². The number of hydrogen-bond donors (Lipinski definition) is 1. The maximum absolute atomic E-state index is 10.8. The Morgan fingerprint density at radius 2 is 1.72 bits per heavy atom. The average molecular weight is 243 g/mol. The van der Waals surface area contributed by atoms with Gasteiger partial charge in [-0.1, -0.05) is 12.1 Å². The van der Waals surface area contributed by atoms with E-state index in [0.717, 1.165) is 5.56 Å². The minimum absolute atomic E-state index is 0.00754. The molecule has 18 heavy (non-hydrogen) atoms. The number of carbonyl (C=O) groups is 1. The highest BCUT2D eigenvalue weighted by Gasteiger charge is 2.07. The molecule has 0 saturated heterocycles. The lowest BCUT2D eigenvalue weighted by molar-refractivity contribution is -0.384. The molecular formula is C13H9NO4. The number of rotatable bonds is 3. The number of non-ortho nitro benzene ring substituents is 1. The second kappa shape index (κ2) is 4.67. The van der Waals surface area contributed by atoms with Gasteiger partial charge in [0.05, 0.1) is 10.5 Å². The number of hydrogen-bond acceptors (Lipinski definition) is 3. The highest BCUT2D eigenvalue weighted by atomic mass is 16.6. The minimum Gasteiger partial charge on any atom is -0.478 e. The normalized spacial score (nSPS) is 10.0. The molecule has 0 spiro atoms. The highest BCUT2D eigenvalue weighted by Crippen LogP contribution is 2.23. The van der Waals surface area contributed by atoms with Crippen molar-refractivity contribution in [1.82, 2.24) is 0 Å². The molecule has 0 aliphatic rings. The first-order chi connectivity index (χ1) is 8.58. The summed E-state index contributed by atoms with van der Waals surface area (Å²) in [4.78, 5) is 20.9. The third kappa shape index (κ3) is 2.35. The third-order valence-corrected chi connectivity index (χ3v) is 2.52. The van der Waals surface area contributed by atoms with Gasteiger partial charge >= 0.3 is 5.97 Å². The fraction of sp³-hybridized carbons (Fsp3) is 0. The van der Waals surface area contributed by atoms with E-state index in [-0.39, 0.29) is 11.3 Å². The molecule has 2 rings (SSSR count). The van der Waals surface area contributed by atoms with Crippen LogP contribution in [0.15, 0.2) is 48.5 Å². The van der Waals surface area contributed by atoms with Gasteiger partial charge in [-0.05, 0) is 35.4 Å². The van der Waals surface area contributed by atoms with Crippen LogP contribution in [0, 0.1) is 10.1 Å². The van der Waals surface area contributed by atoms with Crippen molar-refractivity contribution in [3.63, 3.8) is 0 Å². The number of aromatic carboxylic acids is 1. The van der Waals surface area contributed by atoms with Crippen LogP contribution < -0.4 is 0 Å². The Morgan fingerprint density at radius 3 is 2.28 bits per heavy atom. The van der Waals surface area contributed by atoms with E-state index in [1.165, 1.54) is 24.3 Å². The molecule has 0 aliphatic heterocycles. The van der Waals surface area contributed by atoms with E-state index in [2.05, 4.69) is 0 Å². The molecule has 0 saturated carbocycles. The molecular weight excluding hydrogens is 234 g/mol. The fourth-order valence-corrected chi connectivity index (χ4v) is 1.61. The molecule has 0 heterocycles. The molecule has 0 atom stereocenters. The van der Waals surface area contributed by atoms with Crippen molar-refractivity contribution in [1.29, 1.82) is 0 Å². The summed E-state index contributed by atoms with van der Waals surface area (Å²) in [5.41, 5.74) is 1.65. The Labute approximate surface area is 102 Å². The SMILES string of the molecule is O=C(O)c1cccc(-c2ccc([N+](=O)[O-])cc2)c1. The molecule has 90 valence electrons. The van der Waals surface area contributed by atoms with Crippen LogP contribution in [0.1, 0.15) is 10.4 Å². The van der Waals surface area contributed by atoms with Crippen LogP contribution in [0.4, 0.5) is 5.69 Å². The van der Waals surface area contributed by atoms with Crippen LogP contribution in [0.5, 0.6) is 0 Å². The summed E-state index contributed by atoms with van der Waals surface area (Å²) in [6.45, 7) is 0. The molecule has 0 aliphatic carbocycles. The summed E-state index contributed by atoms with van der Waals surface area (Å²) in [7, 11) is 0. The van der Waals surface area contributed by atoms with Gasteiger partial charge in [0.2, 0.25) is 0 Å². The third-order valence-electron chi connectivity index (χ3n) is 2.52. The van der Waals surface area contributed by atoms with Crippen LogP contribution in [0.3, 0.4) is 0 Å². The Kier molecular flexibility index (Phi) is 3.05. The molecule has 2 aromatic carbocycles. The lowest BCUT2D eigenvalue weighted by Crippen LogP contribution is -1.95. The Hall–Kier alpha value is -2.69. The summed E-state index contributed by atoms with van der Waals surface area (Å²) in [6, 6.07) is 12.4. The maximum Gasteiger partial charge on any atom is 0.335 e. The molecule has 0 amide bonds. The first kappa shape index (κ1) is 11.8. The van der Waals surface area contributed by atoms with E-state index < -0.39 is 10.9 Å². The zero-order valence-electron chi connectivity index (χ0n) is 9.24. The van der Waals surface area contributed by atoms with Crippen molar-refractivity contribution in [3.8, 4) is 11.1 Å². The topological polar surface area (TPSA) is 80.4 Å². The number of nitrogens with zero attached hydrogens (tertiary/aromatic N) is 1. The molecule has 5 heteroatoms. The number of carboxylic acids is 1. The van der Waals surface area contributed by atoms with Crippen LogP contribution in [-0.4, -0.2) is 16.0 Å². The molecule has 0 unspecified atom stereocenters. The maximum atomic E-state index is 10.8. The van der Waals surface area contributed by atoms with Gasteiger partial charge < -0.3 is 5.11 Å². The number of nitro groups is 1. The zero-order chi connectivity index (χ0) is 13.1. The van der Waals surface area contributed by atoms with Crippen molar-refractivity contribution in [2.24, 2.45) is 0 Å². The van der Waals surface area contributed by atoms with E-state index >= 15 is 0 Å². The lowest BCUT2D eigenvalue weighted by Gasteiger charge is -2.02. The zero-order valence-corrected chi connectivity index (χ0v) is 9.24. The monoisotopic (exact) mass is 243 g/mol. The van der Waals surface area contributed by atoms with E-state index in [4.69, 9.17) is 5.11 Å². The average Bonchev–Trinajstić information content (AvgIpc) is 2.39. The number of carboxylic acid groups (broad SMARTS) is 1. The number of nitro benzene ring substituents is 1. The Morgan fingerprint density at radius 1 is 1.06 bits per heavy atom. The molecule has 2 aromatic rings. The highest BCUT2D eigenvalue weighted by molar-refractivity contribution is 5.89. The predicted molar refractivity (Wildman–Crippen MR) is 65.5 cm³/mol. The van der Waals surface area contributed by atoms with Crippen molar-refractivity contribution in [3.05, 3.63) is 64.2 Å². The smallest absolute Gasteiger partial charge is 0.335 e. The second-order valence-electron chi connectivity index (χ2n) is 3.69. The van der Waals surface area contributed by atoms with Crippen molar-refractivity contribution in [2.45, 2.75) is 0 Å². The largest absolute Gasteiger partial charge is 0.478 e. The van der Waals surface area contributed by atoms with E-state index in [9.17, 15) is 14.9 Å². The Bertz CT molecular complexity index is 605. The predicted octanol–water partition coefficient (Wildman–Crippen LogP) is 2.96. The lowest BCUT2D eigenvalue weighted by atomic mass is 10.0. The van der Waals surface area contributed by atoms with Gasteiger partial charge in [0.25, 0.3) is 5.69 Å².